The third kappa shape index (κ3) is 7.46. The second-order valence-corrected chi connectivity index (χ2v) is 9.94. The van der Waals surface area contributed by atoms with Crippen LogP contribution in [0.1, 0.15) is 28.4 Å². The molecule has 0 radical (unpaired) electrons. The Morgan fingerprint density at radius 3 is 2.53 bits per heavy atom. The summed E-state index contributed by atoms with van der Waals surface area (Å²) in [5.41, 5.74) is 5.90. The van der Waals surface area contributed by atoms with Crippen LogP contribution in [-0.2, 0) is 16.0 Å². The van der Waals surface area contributed by atoms with E-state index in [1.165, 1.54) is 24.2 Å². The number of rotatable bonds is 9. The first-order valence-electron chi connectivity index (χ1n) is 13.2. The summed E-state index contributed by atoms with van der Waals surface area (Å²) in [5, 5.41) is 26.4. The van der Waals surface area contributed by atoms with Crippen LogP contribution in [0.15, 0.2) is 91.3 Å². The van der Waals surface area contributed by atoms with Crippen LogP contribution in [0.4, 0.5) is 10.5 Å². The highest BCUT2D eigenvalue weighted by Crippen LogP contribution is 2.27. The maximum Gasteiger partial charge on any atom is 0.411 e. The number of aromatic nitrogens is 6. The summed E-state index contributed by atoms with van der Waals surface area (Å²) < 4.78 is 6.15. The summed E-state index contributed by atoms with van der Waals surface area (Å²) in [5.74, 6) is -0.306. The Morgan fingerprint density at radius 2 is 1.81 bits per heavy atom. The Bertz CT molecular complexity index is 1740. The van der Waals surface area contributed by atoms with Gasteiger partial charge in [-0.2, -0.15) is 14.9 Å². The highest BCUT2D eigenvalue weighted by molar-refractivity contribution is 6.30. The van der Waals surface area contributed by atoms with Crippen LogP contribution in [0.3, 0.4) is 0 Å². The van der Waals surface area contributed by atoms with Gasteiger partial charge in [0.15, 0.2) is 0 Å². The Hall–Kier alpha value is -5.42. The number of ether oxygens (including phenoxy) is 1. The summed E-state index contributed by atoms with van der Waals surface area (Å²) in [6.45, 7) is 1.86. The van der Waals surface area contributed by atoms with Gasteiger partial charge in [-0.3, -0.25) is 10.1 Å². The van der Waals surface area contributed by atoms with E-state index in [1.807, 2.05) is 55.5 Å². The number of anilines is 1. The second kappa shape index (κ2) is 13.5. The monoisotopic (exact) mass is 594 g/mol. The highest BCUT2D eigenvalue weighted by atomic mass is 35.5. The van der Waals surface area contributed by atoms with Crippen molar-refractivity contribution in [1.82, 2.24) is 35.7 Å². The number of hydrogen-bond acceptors (Lipinski definition) is 8. The fourth-order valence-electron chi connectivity index (χ4n) is 4.47. The number of halogens is 1. The first kappa shape index (κ1) is 29.1. The molecule has 216 valence electrons. The average Bonchev–Trinajstić information content (AvgIpc) is 3.56. The molecule has 3 aromatic carbocycles. The van der Waals surface area contributed by atoms with Crippen LogP contribution in [-0.4, -0.2) is 49.5 Å². The molecule has 0 aliphatic carbocycles. The van der Waals surface area contributed by atoms with Crippen LogP contribution in [0.25, 0.3) is 23.0 Å². The van der Waals surface area contributed by atoms with Crippen LogP contribution in [0.5, 0.6) is 0 Å². The van der Waals surface area contributed by atoms with E-state index < -0.39 is 12.1 Å². The molecule has 2 amide bonds. The standard InChI is InChI=1S/C31H27ClN8O3/c1-20-26(18-27(37-36-20)22-8-12-25(13-9-22)34-31(42)43-2)28(16-21-6-4-3-5-7-21)35-30(41)15-10-23-17-24(32)11-14-29(23)40-19-33-38-39-40/h3-15,17-19,28H,16H2,1-2H3,(H,34,42)(H,35,41). The van der Waals surface area contributed by atoms with Gasteiger partial charge in [-0.25, -0.2) is 4.79 Å². The van der Waals surface area contributed by atoms with E-state index in [1.54, 1.807) is 36.4 Å². The minimum absolute atomic E-state index is 0.306. The zero-order chi connectivity index (χ0) is 30.2. The molecule has 1 atom stereocenters. The predicted octanol–water partition coefficient (Wildman–Crippen LogP) is 5.37. The number of benzene rings is 3. The number of amides is 2. The molecule has 0 fully saturated rings. The number of carbonyl (C=O) groups excluding carboxylic acids is 2. The minimum atomic E-state index is -0.555. The zero-order valence-electron chi connectivity index (χ0n) is 23.3. The number of methoxy groups -OCH3 is 1. The summed E-state index contributed by atoms with van der Waals surface area (Å²) in [7, 11) is 1.30. The van der Waals surface area contributed by atoms with Crippen molar-refractivity contribution in [3.63, 3.8) is 0 Å². The van der Waals surface area contributed by atoms with E-state index in [-0.39, 0.29) is 5.91 Å². The Kier molecular flexibility index (Phi) is 9.13. The lowest BCUT2D eigenvalue weighted by molar-refractivity contribution is -0.117. The SMILES string of the molecule is COC(=O)Nc1ccc(-c2cc(C(Cc3ccccc3)NC(=O)C=Cc3cc(Cl)ccc3-n3cnnn3)c(C)nn2)cc1. The maximum atomic E-state index is 13.3. The molecule has 5 rings (SSSR count). The highest BCUT2D eigenvalue weighted by Gasteiger charge is 2.19. The fourth-order valence-corrected chi connectivity index (χ4v) is 4.65. The second-order valence-electron chi connectivity index (χ2n) is 9.51. The van der Waals surface area contributed by atoms with E-state index in [9.17, 15) is 9.59 Å². The third-order valence-corrected chi connectivity index (χ3v) is 6.84. The maximum absolute atomic E-state index is 13.3. The molecule has 11 nitrogen and oxygen atoms in total. The average molecular weight is 595 g/mol. The van der Waals surface area contributed by atoms with Crippen molar-refractivity contribution in [3.05, 3.63) is 119 Å². The van der Waals surface area contributed by atoms with Gasteiger partial charge in [-0.05, 0) is 71.8 Å². The van der Waals surface area contributed by atoms with Crippen LogP contribution in [0.2, 0.25) is 5.02 Å². The predicted molar refractivity (Wildman–Crippen MR) is 162 cm³/mol. The van der Waals surface area contributed by atoms with Gasteiger partial charge >= 0.3 is 6.09 Å². The van der Waals surface area contributed by atoms with E-state index in [2.05, 4.69) is 41.1 Å². The molecule has 2 heterocycles. The van der Waals surface area contributed by atoms with Crippen molar-refractivity contribution < 1.29 is 14.3 Å². The number of nitrogens with one attached hydrogen (secondary N) is 2. The first-order valence-corrected chi connectivity index (χ1v) is 13.6. The van der Waals surface area contributed by atoms with E-state index in [0.29, 0.717) is 39.8 Å². The third-order valence-electron chi connectivity index (χ3n) is 6.60. The molecule has 5 aromatic rings. The Morgan fingerprint density at radius 1 is 1.02 bits per heavy atom. The molecular formula is C31H27ClN8O3. The smallest absolute Gasteiger partial charge is 0.411 e. The van der Waals surface area contributed by atoms with Gasteiger partial charge in [0, 0.05) is 33.5 Å². The van der Waals surface area contributed by atoms with Crippen molar-refractivity contribution in [2.24, 2.45) is 0 Å². The molecule has 43 heavy (non-hydrogen) atoms. The van der Waals surface area contributed by atoms with Gasteiger partial charge in [0.25, 0.3) is 0 Å². The van der Waals surface area contributed by atoms with Crippen molar-refractivity contribution in [1.29, 1.82) is 0 Å². The number of aryl methyl sites for hydroxylation is 1. The Labute approximate surface area is 252 Å². The molecule has 12 heteroatoms. The lowest BCUT2D eigenvalue weighted by Gasteiger charge is -2.21. The van der Waals surface area contributed by atoms with Gasteiger partial charge in [0.2, 0.25) is 5.91 Å². The molecule has 0 bridgehead atoms. The number of nitrogens with zero attached hydrogens (tertiary/aromatic N) is 6. The van der Waals surface area contributed by atoms with Crippen LogP contribution < -0.4 is 10.6 Å². The molecular weight excluding hydrogens is 568 g/mol. The summed E-state index contributed by atoms with van der Waals surface area (Å²) in [6.07, 6.45) is 4.57. The normalized spacial score (nSPS) is 11.7. The quantitative estimate of drug-likeness (QED) is 0.217. The van der Waals surface area contributed by atoms with Crippen molar-refractivity contribution >= 4 is 35.4 Å². The summed E-state index contributed by atoms with van der Waals surface area (Å²) in [4.78, 5) is 24.9. The molecule has 0 saturated carbocycles. The largest absolute Gasteiger partial charge is 0.453 e. The summed E-state index contributed by atoms with van der Waals surface area (Å²) >= 11 is 6.24. The van der Waals surface area contributed by atoms with E-state index in [0.717, 1.165) is 16.7 Å². The van der Waals surface area contributed by atoms with Crippen molar-refractivity contribution in [2.45, 2.75) is 19.4 Å². The van der Waals surface area contributed by atoms with Gasteiger partial charge < -0.3 is 10.1 Å². The van der Waals surface area contributed by atoms with Crippen molar-refractivity contribution in [2.75, 3.05) is 12.4 Å². The lowest BCUT2D eigenvalue weighted by Crippen LogP contribution is -2.29. The number of hydrogen-bond donors (Lipinski definition) is 2. The molecule has 2 aromatic heterocycles. The number of carbonyl (C=O) groups is 2. The topological polar surface area (TPSA) is 137 Å². The van der Waals surface area contributed by atoms with Gasteiger partial charge in [0.1, 0.15) is 6.33 Å². The molecule has 0 aliphatic rings. The first-order chi connectivity index (χ1) is 20.9. The van der Waals surface area contributed by atoms with Crippen molar-refractivity contribution in [3.8, 4) is 16.9 Å². The fraction of sp³-hybridized carbons (Fsp3) is 0.129. The lowest BCUT2D eigenvalue weighted by atomic mass is 9.96. The molecule has 0 saturated heterocycles. The Balaban J connectivity index is 1.42. The van der Waals surface area contributed by atoms with E-state index in [4.69, 9.17) is 11.6 Å². The minimum Gasteiger partial charge on any atom is -0.453 e. The van der Waals surface area contributed by atoms with Gasteiger partial charge in [-0.1, -0.05) is 54.1 Å². The van der Waals surface area contributed by atoms with Crippen LogP contribution >= 0.6 is 11.6 Å². The number of tetrazole rings is 1. The summed E-state index contributed by atoms with van der Waals surface area (Å²) in [6, 6.07) is 23.8. The van der Waals surface area contributed by atoms with Crippen LogP contribution in [0, 0.1) is 6.92 Å². The zero-order valence-corrected chi connectivity index (χ0v) is 24.1. The van der Waals surface area contributed by atoms with Gasteiger partial charge in [-0.15, -0.1) is 5.10 Å². The molecule has 0 spiro atoms. The molecule has 0 aliphatic heterocycles. The van der Waals surface area contributed by atoms with Gasteiger partial charge in [0.05, 0.1) is 30.2 Å². The molecule has 1 unspecified atom stereocenters. The molecule has 2 N–H and O–H groups in total. The van der Waals surface area contributed by atoms with E-state index >= 15 is 0 Å².